The minimum absolute atomic E-state index is 0.0941. The fourth-order valence-electron chi connectivity index (χ4n) is 1.21. The summed E-state index contributed by atoms with van der Waals surface area (Å²) in [5, 5.41) is 2.52. The summed E-state index contributed by atoms with van der Waals surface area (Å²) >= 11 is 2.78. The second kappa shape index (κ2) is 5.99. The van der Waals surface area contributed by atoms with Crippen molar-refractivity contribution in [2.75, 3.05) is 6.54 Å². The van der Waals surface area contributed by atoms with Gasteiger partial charge in [0.25, 0.3) is 15.0 Å². The maximum absolute atomic E-state index is 13.5. The fourth-order valence-corrected chi connectivity index (χ4v) is 3.31. The lowest BCUT2D eigenvalue weighted by atomic mass is 10.2. The highest BCUT2D eigenvalue weighted by atomic mass is 79.9. The topological polar surface area (TPSA) is 63.2 Å². The minimum Gasteiger partial charge on any atom is -0.352 e. The van der Waals surface area contributed by atoms with E-state index >= 15 is 0 Å². The quantitative estimate of drug-likeness (QED) is 0.842. The van der Waals surface area contributed by atoms with Crippen LogP contribution in [0.4, 0.5) is 4.39 Å². The lowest BCUT2D eigenvalue weighted by molar-refractivity contribution is 0.0953. The highest BCUT2D eigenvalue weighted by molar-refractivity contribution is 9.10. The Bertz CT molecular complexity index is 577. The van der Waals surface area contributed by atoms with Gasteiger partial charge < -0.3 is 5.32 Å². The van der Waals surface area contributed by atoms with Crippen molar-refractivity contribution in [2.24, 2.45) is 0 Å². The Morgan fingerprint density at radius 2 is 2.11 bits per heavy atom. The van der Waals surface area contributed by atoms with Crippen molar-refractivity contribution in [2.45, 2.75) is 18.2 Å². The molecular weight excluding hydrogens is 349 g/mol. The molecule has 0 aliphatic heterocycles. The van der Waals surface area contributed by atoms with Gasteiger partial charge in [-0.25, -0.2) is 12.8 Å². The standard InChI is InChI=1S/C10H10BrClFNO3S/c1-2-3-14-10(15)6-4-7(13)9(11)8(5-6)18(12,16)17/h4-5H,2-3H2,1H3,(H,14,15). The summed E-state index contributed by atoms with van der Waals surface area (Å²) in [5.74, 6) is -1.41. The largest absolute Gasteiger partial charge is 0.352 e. The molecule has 4 nitrogen and oxygen atoms in total. The van der Waals surface area contributed by atoms with E-state index in [1.165, 1.54) is 0 Å². The van der Waals surface area contributed by atoms with Crippen molar-refractivity contribution in [3.8, 4) is 0 Å². The van der Waals surface area contributed by atoms with Gasteiger partial charge in [-0.05, 0) is 34.5 Å². The molecule has 1 rings (SSSR count). The van der Waals surface area contributed by atoms with Crippen LogP contribution in [0.5, 0.6) is 0 Å². The third kappa shape index (κ3) is 3.66. The van der Waals surface area contributed by atoms with Crippen LogP contribution in [0.1, 0.15) is 23.7 Å². The molecule has 0 heterocycles. The van der Waals surface area contributed by atoms with E-state index in [1.807, 2.05) is 6.92 Å². The van der Waals surface area contributed by atoms with E-state index < -0.39 is 25.7 Å². The van der Waals surface area contributed by atoms with Gasteiger partial charge >= 0.3 is 0 Å². The first-order chi connectivity index (χ1) is 8.27. The predicted molar refractivity (Wildman–Crippen MR) is 69.8 cm³/mol. The van der Waals surface area contributed by atoms with Gasteiger partial charge in [0, 0.05) is 22.8 Å². The highest BCUT2D eigenvalue weighted by Gasteiger charge is 2.21. The summed E-state index contributed by atoms with van der Waals surface area (Å²) < 4.78 is 35.7. The number of nitrogens with one attached hydrogen (secondary N) is 1. The summed E-state index contributed by atoms with van der Waals surface area (Å²) in [7, 11) is 1.03. The summed E-state index contributed by atoms with van der Waals surface area (Å²) in [6.45, 7) is 2.27. The first-order valence-corrected chi connectivity index (χ1v) is 8.09. The van der Waals surface area contributed by atoms with Crippen molar-refractivity contribution in [1.29, 1.82) is 0 Å². The molecule has 8 heteroatoms. The molecule has 18 heavy (non-hydrogen) atoms. The molecule has 1 aromatic rings. The Hall–Kier alpha value is -0.660. The van der Waals surface area contributed by atoms with Crippen molar-refractivity contribution < 1.29 is 17.6 Å². The molecule has 0 spiro atoms. The molecule has 1 aromatic carbocycles. The fraction of sp³-hybridized carbons (Fsp3) is 0.300. The Balaban J connectivity index is 3.25. The SMILES string of the molecule is CCCNC(=O)c1cc(F)c(Br)c(S(=O)(=O)Cl)c1. The maximum Gasteiger partial charge on any atom is 0.262 e. The number of hydrogen-bond acceptors (Lipinski definition) is 3. The third-order valence-corrected chi connectivity index (χ3v) is 4.47. The smallest absolute Gasteiger partial charge is 0.262 e. The number of hydrogen-bond donors (Lipinski definition) is 1. The molecule has 0 aliphatic carbocycles. The molecule has 0 atom stereocenters. The van der Waals surface area contributed by atoms with Crippen LogP contribution in [0.3, 0.4) is 0 Å². The van der Waals surface area contributed by atoms with Gasteiger partial charge in [-0.3, -0.25) is 4.79 Å². The molecule has 0 aliphatic rings. The Morgan fingerprint density at radius 3 is 2.61 bits per heavy atom. The van der Waals surface area contributed by atoms with Crippen molar-refractivity contribution in [1.82, 2.24) is 5.32 Å². The lowest BCUT2D eigenvalue weighted by Gasteiger charge is -2.07. The van der Waals surface area contributed by atoms with Crippen LogP contribution in [0.25, 0.3) is 0 Å². The van der Waals surface area contributed by atoms with Crippen LogP contribution in [0, 0.1) is 5.82 Å². The second-order valence-electron chi connectivity index (χ2n) is 3.46. The summed E-state index contributed by atoms with van der Waals surface area (Å²) in [6.07, 6.45) is 0.714. The summed E-state index contributed by atoms with van der Waals surface area (Å²) in [6, 6.07) is 1.97. The zero-order chi connectivity index (χ0) is 13.9. The minimum atomic E-state index is -4.13. The van der Waals surface area contributed by atoms with E-state index in [9.17, 15) is 17.6 Å². The molecule has 1 amide bonds. The number of benzene rings is 1. The molecule has 0 saturated heterocycles. The van der Waals surface area contributed by atoms with E-state index in [0.717, 1.165) is 12.1 Å². The average Bonchev–Trinajstić information content (AvgIpc) is 2.27. The number of rotatable bonds is 4. The summed E-state index contributed by atoms with van der Waals surface area (Å²) in [4.78, 5) is 11.1. The van der Waals surface area contributed by atoms with Gasteiger partial charge in [0.2, 0.25) is 0 Å². The molecule has 1 N–H and O–H groups in total. The predicted octanol–water partition coefficient (Wildman–Crippen LogP) is 2.66. The highest BCUT2D eigenvalue weighted by Crippen LogP contribution is 2.29. The molecular formula is C10H10BrClFNO3S. The average molecular weight is 359 g/mol. The first kappa shape index (κ1) is 15.4. The molecule has 0 fully saturated rings. The third-order valence-electron chi connectivity index (χ3n) is 2.06. The number of halogens is 3. The van der Waals surface area contributed by atoms with Gasteiger partial charge in [-0.2, -0.15) is 0 Å². The second-order valence-corrected chi connectivity index (χ2v) is 6.79. The van der Waals surface area contributed by atoms with Gasteiger partial charge in [0.1, 0.15) is 10.7 Å². The molecule has 0 aromatic heterocycles. The number of amides is 1. The molecule has 0 saturated carbocycles. The maximum atomic E-state index is 13.5. The normalized spacial score (nSPS) is 11.3. The molecule has 0 radical (unpaired) electrons. The zero-order valence-electron chi connectivity index (χ0n) is 9.34. The van der Waals surface area contributed by atoms with Crippen LogP contribution in [-0.4, -0.2) is 20.9 Å². The van der Waals surface area contributed by atoms with Crippen LogP contribution >= 0.6 is 26.6 Å². The monoisotopic (exact) mass is 357 g/mol. The van der Waals surface area contributed by atoms with E-state index in [2.05, 4.69) is 21.2 Å². The Kier molecular flexibility index (Phi) is 5.12. The van der Waals surface area contributed by atoms with Gasteiger partial charge in [-0.15, -0.1) is 0 Å². The van der Waals surface area contributed by atoms with Crippen molar-refractivity contribution in [3.05, 3.63) is 28.0 Å². The van der Waals surface area contributed by atoms with Crippen LogP contribution in [-0.2, 0) is 9.05 Å². The summed E-state index contributed by atoms with van der Waals surface area (Å²) in [5.41, 5.74) is -0.0941. The van der Waals surface area contributed by atoms with Crippen molar-refractivity contribution >= 4 is 41.6 Å². The Labute approximate surface area is 117 Å². The number of carbonyl (C=O) groups excluding carboxylic acids is 1. The molecule has 100 valence electrons. The van der Waals surface area contributed by atoms with Gasteiger partial charge in [0.05, 0.1) is 4.47 Å². The number of carbonyl (C=O) groups is 1. The van der Waals surface area contributed by atoms with Crippen LogP contribution in [0.2, 0.25) is 0 Å². The van der Waals surface area contributed by atoms with E-state index in [-0.39, 0.29) is 10.0 Å². The van der Waals surface area contributed by atoms with Crippen molar-refractivity contribution in [3.63, 3.8) is 0 Å². The Morgan fingerprint density at radius 1 is 1.50 bits per heavy atom. The van der Waals surface area contributed by atoms with E-state index in [0.29, 0.717) is 13.0 Å². The van der Waals surface area contributed by atoms with Crippen LogP contribution in [0.15, 0.2) is 21.5 Å². The molecule has 0 bridgehead atoms. The molecule has 0 unspecified atom stereocenters. The zero-order valence-corrected chi connectivity index (χ0v) is 12.5. The first-order valence-electron chi connectivity index (χ1n) is 4.99. The van der Waals surface area contributed by atoms with Gasteiger partial charge in [0.15, 0.2) is 0 Å². The van der Waals surface area contributed by atoms with E-state index in [4.69, 9.17) is 10.7 Å². The van der Waals surface area contributed by atoms with Gasteiger partial charge in [-0.1, -0.05) is 6.92 Å². The lowest BCUT2D eigenvalue weighted by Crippen LogP contribution is -2.24. The van der Waals surface area contributed by atoms with E-state index in [1.54, 1.807) is 0 Å². The van der Waals surface area contributed by atoms with Crippen LogP contribution < -0.4 is 5.32 Å².